The van der Waals surface area contributed by atoms with Crippen molar-refractivity contribution in [2.24, 2.45) is 4.99 Å². The summed E-state index contributed by atoms with van der Waals surface area (Å²) in [6, 6.07) is 4.08. The molecule has 1 aromatic rings. The molecule has 1 saturated heterocycles. The number of halogens is 3. The SMILES string of the molecule is CC1=C(C(=O)N(C)C)C(c2ccc(C(F)(F)F)cc2)N2C(CC(=O)NCCN3CCOCC3)=CSC2=N1. The van der Waals surface area contributed by atoms with Gasteiger partial charge in [-0.15, -0.1) is 0 Å². The number of nitrogens with one attached hydrogen (secondary N) is 1. The average Bonchev–Trinajstić information content (AvgIpc) is 3.24. The molecule has 12 heteroatoms. The largest absolute Gasteiger partial charge is 0.416 e. The van der Waals surface area contributed by atoms with Gasteiger partial charge >= 0.3 is 6.18 Å². The maximum Gasteiger partial charge on any atom is 0.416 e. The topological polar surface area (TPSA) is 77.5 Å². The van der Waals surface area contributed by atoms with Crippen LogP contribution in [0.3, 0.4) is 0 Å². The van der Waals surface area contributed by atoms with E-state index in [1.54, 1.807) is 25.9 Å². The lowest BCUT2D eigenvalue weighted by Gasteiger charge is -2.37. The van der Waals surface area contributed by atoms with E-state index in [1.807, 2.05) is 5.41 Å². The molecule has 8 nitrogen and oxygen atoms in total. The second-order valence-electron chi connectivity index (χ2n) is 9.19. The number of amidine groups is 1. The van der Waals surface area contributed by atoms with Crippen LogP contribution in [0, 0.1) is 0 Å². The van der Waals surface area contributed by atoms with Crippen LogP contribution in [0.25, 0.3) is 0 Å². The molecule has 0 bridgehead atoms. The highest BCUT2D eigenvalue weighted by Crippen LogP contribution is 2.45. The van der Waals surface area contributed by atoms with Gasteiger partial charge in [-0.25, -0.2) is 4.99 Å². The van der Waals surface area contributed by atoms with E-state index in [1.165, 1.54) is 28.8 Å². The third kappa shape index (κ3) is 6.19. The molecule has 1 aromatic carbocycles. The number of thioether (sulfide) groups is 1. The molecule has 4 rings (SSSR count). The van der Waals surface area contributed by atoms with Gasteiger partial charge in [0.15, 0.2) is 5.17 Å². The first kappa shape index (κ1) is 27.2. The van der Waals surface area contributed by atoms with Crippen molar-refractivity contribution in [3.05, 3.63) is 57.8 Å². The van der Waals surface area contributed by atoms with Crippen LogP contribution in [0.1, 0.15) is 30.5 Å². The molecule has 0 saturated carbocycles. The fraction of sp³-hybridized carbons (Fsp3) is 0.480. The van der Waals surface area contributed by atoms with Gasteiger partial charge < -0.3 is 19.9 Å². The Morgan fingerprint density at radius 1 is 1.19 bits per heavy atom. The Hall–Kier alpha value is -2.83. The Kier molecular flexibility index (Phi) is 8.29. The predicted octanol–water partition coefficient (Wildman–Crippen LogP) is 3.21. The summed E-state index contributed by atoms with van der Waals surface area (Å²) in [5.74, 6) is -0.476. The number of nitrogens with zero attached hydrogens (tertiary/aromatic N) is 4. The Morgan fingerprint density at radius 2 is 1.86 bits per heavy atom. The van der Waals surface area contributed by atoms with E-state index in [-0.39, 0.29) is 18.2 Å². The fourth-order valence-corrected chi connectivity index (χ4v) is 5.42. The van der Waals surface area contributed by atoms with Gasteiger partial charge in [-0.2, -0.15) is 13.2 Å². The van der Waals surface area contributed by atoms with E-state index in [0.29, 0.717) is 47.5 Å². The highest BCUT2D eigenvalue weighted by Gasteiger charge is 2.41. The quantitative estimate of drug-likeness (QED) is 0.576. The summed E-state index contributed by atoms with van der Waals surface area (Å²) < 4.78 is 45.0. The molecule has 0 spiro atoms. The van der Waals surface area contributed by atoms with E-state index in [9.17, 15) is 22.8 Å². The van der Waals surface area contributed by atoms with Gasteiger partial charge in [0.05, 0.1) is 42.5 Å². The fourth-order valence-electron chi connectivity index (χ4n) is 4.46. The number of likely N-dealkylation sites (N-methyl/N-ethyl adjacent to an activating group) is 1. The van der Waals surface area contributed by atoms with Crippen molar-refractivity contribution in [1.82, 2.24) is 20.0 Å². The Bertz CT molecular complexity index is 1130. The number of benzene rings is 1. The van der Waals surface area contributed by atoms with Crippen LogP contribution in [0.15, 0.2) is 51.6 Å². The average molecular weight is 538 g/mol. The number of hydrogen-bond acceptors (Lipinski definition) is 7. The second kappa shape index (κ2) is 11.3. The van der Waals surface area contributed by atoms with E-state index < -0.39 is 17.8 Å². The zero-order valence-electron chi connectivity index (χ0n) is 21.0. The van der Waals surface area contributed by atoms with E-state index >= 15 is 0 Å². The minimum absolute atomic E-state index is 0.0503. The lowest BCUT2D eigenvalue weighted by molar-refractivity contribution is -0.137. The number of fused-ring (bicyclic) bond motifs is 1. The van der Waals surface area contributed by atoms with Gasteiger partial charge in [-0.05, 0) is 30.0 Å². The first-order valence-corrected chi connectivity index (χ1v) is 12.8. The van der Waals surface area contributed by atoms with Crippen molar-refractivity contribution in [2.45, 2.75) is 25.6 Å². The van der Waals surface area contributed by atoms with Crippen molar-refractivity contribution in [2.75, 3.05) is 53.5 Å². The summed E-state index contributed by atoms with van der Waals surface area (Å²) >= 11 is 1.33. The third-order valence-corrected chi connectivity index (χ3v) is 7.28. The van der Waals surface area contributed by atoms with Crippen molar-refractivity contribution >= 4 is 28.7 Å². The number of allylic oxidation sites excluding steroid dienone is 1. The normalized spacial score (nSPS) is 20.4. The number of alkyl halides is 3. The zero-order chi connectivity index (χ0) is 26.7. The molecular weight excluding hydrogens is 507 g/mol. The zero-order valence-corrected chi connectivity index (χ0v) is 21.8. The highest BCUT2D eigenvalue weighted by atomic mass is 32.2. The lowest BCUT2D eigenvalue weighted by atomic mass is 9.92. The van der Waals surface area contributed by atoms with Crippen LogP contribution >= 0.6 is 11.8 Å². The van der Waals surface area contributed by atoms with Gasteiger partial charge in [-0.1, -0.05) is 23.9 Å². The summed E-state index contributed by atoms with van der Waals surface area (Å²) in [6.07, 6.45) is -4.42. The molecule has 2 amide bonds. The van der Waals surface area contributed by atoms with Crippen LogP contribution in [0.5, 0.6) is 0 Å². The monoisotopic (exact) mass is 537 g/mol. The van der Waals surface area contributed by atoms with Gasteiger partial charge in [0.25, 0.3) is 5.91 Å². The van der Waals surface area contributed by atoms with Crippen LogP contribution < -0.4 is 5.32 Å². The van der Waals surface area contributed by atoms with Crippen LogP contribution in [0.2, 0.25) is 0 Å². The molecule has 200 valence electrons. The molecule has 0 aromatic heterocycles. The van der Waals surface area contributed by atoms with Crippen molar-refractivity contribution in [3.63, 3.8) is 0 Å². The first-order chi connectivity index (χ1) is 17.6. The minimum atomic E-state index is -4.47. The summed E-state index contributed by atoms with van der Waals surface area (Å²) in [6.45, 7) is 5.95. The first-order valence-electron chi connectivity index (χ1n) is 12.0. The molecule has 1 N–H and O–H groups in total. The number of carbonyl (C=O) groups is 2. The molecule has 3 heterocycles. The van der Waals surface area contributed by atoms with Crippen LogP contribution in [0.4, 0.5) is 13.2 Å². The smallest absolute Gasteiger partial charge is 0.379 e. The van der Waals surface area contributed by atoms with Gasteiger partial charge in [0.2, 0.25) is 5.91 Å². The Balaban J connectivity index is 1.56. The summed E-state index contributed by atoms with van der Waals surface area (Å²) in [7, 11) is 3.23. The van der Waals surface area contributed by atoms with Crippen molar-refractivity contribution in [1.29, 1.82) is 0 Å². The van der Waals surface area contributed by atoms with Crippen LogP contribution in [-0.4, -0.2) is 85.2 Å². The van der Waals surface area contributed by atoms with E-state index in [2.05, 4.69) is 15.2 Å². The highest BCUT2D eigenvalue weighted by molar-refractivity contribution is 8.16. The molecule has 3 aliphatic rings. The number of hydrogen-bond donors (Lipinski definition) is 1. The third-order valence-electron chi connectivity index (χ3n) is 6.39. The second-order valence-corrected chi connectivity index (χ2v) is 10.0. The Labute approximate surface area is 218 Å². The standard InChI is InChI=1S/C25H30F3N5O3S/c1-16-21(23(35)31(2)3)22(17-4-6-18(7-5-17)25(26,27)28)33-19(15-37-24(33)30-16)14-20(34)29-8-9-32-10-12-36-13-11-32/h4-7,15,22H,8-14H2,1-3H3,(H,29,34). The van der Waals surface area contributed by atoms with Gasteiger partial charge in [0, 0.05) is 46.0 Å². The maximum absolute atomic E-state index is 13.2. The molecule has 1 atom stereocenters. The van der Waals surface area contributed by atoms with Crippen molar-refractivity contribution < 1.29 is 27.5 Å². The summed E-state index contributed by atoms with van der Waals surface area (Å²) in [4.78, 5) is 36.0. The van der Waals surface area contributed by atoms with Crippen LogP contribution in [-0.2, 0) is 20.5 Å². The minimum Gasteiger partial charge on any atom is -0.379 e. The van der Waals surface area contributed by atoms with E-state index in [0.717, 1.165) is 31.8 Å². The number of rotatable bonds is 7. The van der Waals surface area contributed by atoms with E-state index in [4.69, 9.17) is 4.74 Å². The number of ether oxygens (including phenoxy) is 1. The molecule has 1 fully saturated rings. The van der Waals surface area contributed by atoms with Gasteiger partial charge in [0.1, 0.15) is 0 Å². The number of aliphatic imine (C=N–C) groups is 1. The van der Waals surface area contributed by atoms with Crippen molar-refractivity contribution in [3.8, 4) is 0 Å². The molecular formula is C25H30F3N5O3S. The summed E-state index contributed by atoms with van der Waals surface area (Å²) in [5, 5.41) is 5.33. The number of amides is 2. The molecule has 37 heavy (non-hydrogen) atoms. The lowest BCUT2D eigenvalue weighted by Crippen LogP contribution is -2.42. The molecule has 3 aliphatic heterocycles. The summed E-state index contributed by atoms with van der Waals surface area (Å²) in [5.41, 5.74) is 1.22. The van der Waals surface area contributed by atoms with Gasteiger partial charge in [-0.3, -0.25) is 14.5 Å². The molecule has 0 aliphatic carbocycles. The molecule has 0 radical (unpaired) electrons. The maximum atomic E-state index is 13.2. The molecule has 1 unspecified atom stereocenters. The Morgan fingerprint density at radius 3 is 2.49 bits per heavy atom. The number of carbonyl (C=O) groups excluding carboxylic acids is 2. The predicted molar refractivity (Wildman–Crippen MR) is 135 cm³/mol. The number of morpholine rings is 1.